The number of Topliss-reactive ketones (excluding diaryl/α,β-unsaturated/α-hetero) is 1. The molecule has 4 fully saturated rings. The summed E-state index contributed by atoms with van der Waals surface area (Å²) in [5.41, 5.74) is 1.28. The molecule has 0 spiro atoms. The number of H-pyrrole nitrogens is 2. The molecule has 10 rings (SSSR count). The van der Waals surface area contributed by atoms with Gasteiger partial charge in [0.2, 0.25) is 12.6 Å². The Morgan fingerprint density at radius 1 is 0.475 bits per heavy atom. The van der Waals surface area contributed by atoms with E-state index in [1.165, 1.54) is 25.6 Å². The SMILES string of the molecule is C.CC(=O)[C@H]1O[C@@H](Oc2c[nH]c3cc(Br)c(OCCOCCOCCOC(=O)NCCOCCOCCCC(=O)OCC4[C@H]5CCC#CCC[C@@H]45)c(Br)c23)[C@H](O)[C@@H](O)[C@@H]1O.O=[C-][C@H]1O[C@@H](Oc2c[nH]c3cc(Br)c(OCCOCCOCCOC(=O)NCCOCCOCCCC(=O)OCC4[C@H]5CCC#CCC[C@@H]45)c(Br)c23)[C@H](O)[C@@H](O)[C@@H]1O.[Na+].[OH-]. The molecule has 4 aromatic rings. The Labute approximate surface area is 752 Å². The predicted octanol–water partition coefficient (Wildman–Crippen LogP) is 3.79. The first kappa shape index (κ1) is 104. The van der Waals surface area contributed by atoms with E-state index in [-0.39, 0.29) is 158 Å². The number of halogens is 4. The van der Waals surface area contributed by atoms with Crippen molar-refractivity contribution in [2.75, 3.05) is 158 Å². The average Bonchev–Trinajstić information content (AvgIpc) is 1.63. The van der Waals surface area contributed by atoms with Crippen LogP contribution in [0, 0.1) is 59.2 Å². The van der Waals surface area contributed by atoms with Gasteiger partial charge < -0.3 is 147 Å². The molecule has 2 aromatic heterocycles. The van der Waals surface area contributed by atoms with Gasteiger partial charge in [-0.25, -0.2) is 15.9 Å². The van der Waals surface area contributed by atoms with Crippen molar-refractivity contribution in [1.82, 2.24) is 20.6 Å². The second-order valence-electron chi connectivity index (χ2n) is 28.1. The molecular weight excluding hydrogens is 1860 g/mol. The number of benzene rings is 2. The summed E-state index contributed by atoms with van der Waals surface area (Å²) in [7, 11) is 0. The van der Waals surface area contributed by atoms with E-state index in [1.54, 1.807) is 12.1 Å². The number of aliphatic hydroxyl groups excluding tert-OH is 6. The minimum Gasteiger partial charge on any atom is -0.870 e. The minimum atomic E-state index is -1.68. The van der Waals surface area contributed by atoms with E-state index in [4.69, 9.17) is 85.3 Å². The Balaban J connectivity index is 0.000000363. The fraction of sp³-hybridized carbons (Fsp3) is 0.675. The smallest absolute Gasteiger partial charge is 0.870 e. The number of hydrogen-bond donors (Lipinski definition) is 10. The van der Waals surface area contributed by atoms with E-state index in [1.807, 2.05) is 0 Å². The number of ether oxygens (including phenoxy) is 18. The van der Waals surface area contributed by atoms with Gasteiger partial charge >= 0.3 is 53.7 Å². The fourth-order valence-corrected chi connectivity index (χ4v) is 16.8. The van der Waals surface area contributed by atoms with Gasteiger partial charge in [-0.15, -0.1) is 23.7 Å². The molecular formula is C80H110Br4N4NaO31-. The van der Waals surface area contributed by atoms with Gasteiger partial charge in [-0.05, 0) is 163 Å². The second kappa shape index (κ2) is 56.1. The van der Waals surface area contributed by atoms with Crippen molar-refractivity contribution in [3.05, 3.63) is 42.4 Å². The summed E-state index contributed by atoms with van der Waals surface area (Å²) in [5.74, 6) is 16.9. The van der Waals surface area contributed by atoms with E-state index < -0.39 is 79.4 Å². The Hall–Kier alpha value is -5.10. The van der Waals surface area contributed by atoms with E-state index in [2.05, 4.69) is 108 Å². The third-order valence-electron chi connectivity index (χ3n) is 20.0. The number of aromatic amines is 2. The van der Waals surface area contributed by atoms with E-state index in [0.717, 1.165) is 51.4 Å². The summed E-state index contributed by atoms with van der Waals surface area (Å²) in [5, 5.41) is 67.4. The predicted molar refractivity (Wildman–Crippen MR) is 437 cm³/mol. The summed E-state index contributed by atoms with van der Waals surface area (Å²) >= 11 is 14.1. The van der Waals surface area contributed by atoms with E-state index in [0.29, 0.717) is 178 Å². The van der Waals surface area contributed by atoms with Crippen LogP contribution in [0.4, 0.5) is 9.59 Å². The van der Waals surface area contributed by atoms with Crippen LogP contribution in [-0.4, -0.2) is 302 Å². The van der Waals surface area contributed by atoms with Crippen LogP contribution in [0.2, 0.25) is 0 Å². The summed E-state index contributed by atoms with van der Waals surface area (Å²) in [6.07, 6.45) is -2.11. The summed E-state index contributed by atoms with van der Waals surface area (Å²) < 4.78 is 102. The number of alkyl carbamates (subject to hydrolysis) is 2. The van der Waals surface area contributed by atoms with E-state index >= 15 is 0 Å². The third-order valence-corrected chi connectivity index (χ3v) is 22.7. The van der Waals surface area contributed by atoms with Crippen molar-refractivity contribution < 1.29 is 180 Å². The minimum absolute atomic E-state index is 0. The van der Waals surface area contributed by atoms with Crippen LogP contribution in [0.5, 0.6) is 23.0 Å². The van der Waals surface area contributed by atoms with Gasteiger partial charge in [-0.2, -0.15) is 0 Å². The van der Waals surface area contributed by atoms with Gasteiger partial charge in [0.1, 0.15) is 86.0 Å². The quantitative estimate of drug-likeness (QED) is 0.00750. The molecule has 6 aliphatic rings. The Bertz CT molecular complexity index is 3880. The molecule has 2 saturated heterocycles. The molecule has 35 nitrogen and oxygen atoms in total. The molecule has 2 aromatic carbocycles. The molecule has 40 heteroatoms. The fourth-order valence-electron chi connectivity index (χ4n) is 13.7. The first-order valence-corrected chi connectivity index (χ1v) is 42.4. The molecule has 16 atom stereocenters. The molecule has 666 valence electrons. The molecule has 2 amide bonds. The average molecular weight is 1970 g/mol. The molecule has 0 radical (unpaired) electrons. The number of amides is 2. The van der Waals surface area contributed by atoms with E-state index in [9.17, 15) is 59.4 Å². The van der Waals surface area contributed by atoms with Crippen LogP contribution in [0.1, 0.15) is 91.4 Å². The Morgan fingerprint density at radius 2 is 0.825 bits per heavy atom. The zero-order chi connectivity index (χ0) is 83.4. The molecule has 2 unspecified atom stereocenters. The van der Waals surface area contributed by atoms with Gasteiger partial charge in [-0.1, -0.05) is 7.43 Å². The van der Waals surface area contributed by atoms with Crippen LogP contribution < -0.4 is 59.1 Å². The number of nitrogens with one attached hydrogen (secondary N) is 4. The van der Waals surface area contributed by atoms with Gasteiger partial charge in [0.05, 0.1) is 152 Å². The second-order valence-corrected chi connectivity index (χ2v) is 31.3. The zero-order valence-electron chi connectivity index (χ0n) is 66.4. The number of hydrogen-bond acceptors (Lipinski definition) is 31. The van der Waals surface area contributed by atoms with Crippen molar-refractivity contribution >= 4 is 122 Å². The van der Waals surface area contributed by atoms with Gasteiger partial charge in [0.25, 0.3) is 0 Å². The van der Waals surface area contributed by atoms with Gasteiger partial charge in [-0.3, -0.25) is 14.4 Å². The Morgan fingerprint density at radius 3 is 1.21 bits per heavy atom. The molecule has 2 saturated carbocycles. The van der Waals surface area contributed by atoms with Crippen molar-refractivity contribution in [2.45, 2.75) is 153 Å². The number of rotatable bonds is 50. The molecule has 2 aliphatic heterocycles. The number of esters is 2. The number of ketones is 1. The van der Waals surface area contributed by atoms with Crippen molar-refractivity contribution in [3.8, 4) is 46.7 Å². The largest absolute Gasteiger partial charge is 1.00 e. The third kappa shape index (κ3) is 33.0. The van der Waals surface area contributed by atoms with Crippen LogP contribution in [0.25, 0.3) is 21.8 Å². The summed E-state index contributed by atoms with van der Waals surface area (Å²) in [6.45, 7) is 8.23. The van der Waals surface area contributed by atoms with Crippen LogP contribution in [-0.2, 0) is 85.5 Å². The number of aliphatic hydroxyl groups is 6. The first-order chi connectivity index (χ1) is 56.8. The van der Waals surface area contributed by atoms with Crippen LogP contribution in [0.15, 0.2) is 42.4 Å². The zero-order valence-corrected chi connectivity index (χ0v) is 74.8. The molecule has 0 bridgehead atoms. The number of carbonyl (C=O) groups excluding carboxylic acids is 6. The van der Waals surface area contributed by atoms with Gasteiger partial charge in [0, 0.05) is 77.2 Å². The molecule has 11 N–H and O–H groups in total. The van der Waals surface area contributed by atoms with Crippen LogP contribution >= 0.6 is 63.7 Å². The maximum Gasteiger partial charge on any atom is 1.00 e. The van der Waals surface area contributed by atoms with Gasteiger partial charge in [0.15, 0.2) is 5.78 Å². The standard InChI is InChI=1S/C40H54Br2N2O15.C39H51Br2N2O15.CH4.Na.H2O/c1-24(45)37-35(48)34(47)36(49)39(59-37)58-30-22-44-29-21-28(41)38(33(42)32(29)30)55-19-17-53-15-16-54-18-20-56-40(50)43-10-12-52-14-13-51-11-6-9-31(46)57-23-27-25-7-4-2-3-5-8-26(25)27;40-27-20-28-32(29(21-43-28)57-38-36(48)35(47)34(46)30(22-44)58-38)33(41)37(27)54-18-16-52-14-15-53-17-19-55-39(49)42-9-11-51-13-12-50-10-5-8-31(45)56-23-26-24-6-3-1-2-4-7-25(24)26;;;/h21-22,25-27,34-37,39,44,47-49H,4-20,23H2,1H3,(H,43,50);20-21,24-26,30,34-36,38,43,46-48H,3-19,23H2,(H,42,49);1H4;;1H2/q;-1;;+1;/p-1/t25-,26+,27?,34-,35-,36+,37+,39+;24-,25+,26?,30-,34-,35+,36-,38-;;;/m01.../s1. The number of aromatic nitrogens is 2. The Kier molecular flexibility index (Phi) is 48.5. The maximum atomic E-state index is 12.1. The number of carbonyl (C=O) groups is 5. The topological polar surface area (TPSA) is 476 Å². The first-order valence-electron chi connectivity index (χ1n) is 39.3. The number of fused-ring (bicyclic) bond motifs is 4. The van der Waals surface area contributed by atoms with Crippen LogP contribution in [0.3, 0.4) is 0 Å². The molecule has 4 heterocycles. The maximum absolute atomic E-state index is 12.1. The van der Waals surface area contributed by atoms with Crippen molar-refractivity contribution in [1.29, 1.82) is 0 Å². The summed E-state index contributed by atoms with van der Waals surface area (Å²) in [4.78, 5) is 77.0. The monoisotopic (exact) mass is 1960 g/mol. The summed E-state index contributed by atoms with van der Waals surface area (Å²) in [6, 6.07) is 3.52. The molecule has 120 heavy (non-hydrogen) atoms. The molecule has 4 aliphatic carbocycles. The van der Waals surface area contributed by atoms with Crippen molar-refractivity contribution in [2.24, 2.45) is 35.5 Å². The van der Waals surface area contributed by atoms with Crippen molar-refractivity contribution in [3.63, 3.8) is 0 Å². The normalized spacial score (nSPS) is 24.3.